The Kier molecular flexibility index (Phi) is 1.72. The van der Waals surface area contributed by atoms with Crippen LogP contribution < -0.4 is 0 Å². The van der Waals surface area contributed by atoms with Crippen LogP contribution in [-0.4, -0.2) is 4.98 Å². The minimum Gasteiger partial charge on any atom is -0.256 e. The van der Waals surface area contributed by atoms with Crippen LogP contribution >= 0.6 is 0 Å². The molecule has 0 spiro atoms. The van der Waals surface area contributed by atoms with Crippen molar-refractivity contribution in [2.24, 2.45) is 0 Å². The monoisotopic (exact) mass is 192 g/mol. The molecule has 1 radical (unpaired) electrons. The fourth-order valence-electron chi connectivity index (χ4n) is 1.88. The number of aryl methyl sites for hydroxylation is 1. The molecule has 3 aromatic rings. The Labute approximate surface area is 88.4 Å². The van der Waals surface area contributed by atoms with Crippen molar-refractivity contribution in [2.45, 2.75) is 6.92 Å². The number of aromatic nitrogens is 1. The molecule has 0 unspecified atom stereocenters. The third kappa shape index (κ3) is 1.28. The first-order valence-corrected chi connectivity index (χ1v) is 5.01. The van der Waals surface area contributed by atoms with Gasteiger partial charge in [-0.3, -0.25) is 4.98 Å². The molecule has 0 aliphatic heterocycles. The first-order chi connectivity index (χ1) is 7.34. The summed E-state index contributed by atoms with van der Waals surface area (Å²) in [5.41, 5.74) is 2.17. The highest BCUT2D eigenvalue weighted by molar-refractivity contribution is 6.05. The van der Waals surface area contributed by atoms with Gasteiger partial charge in [-0.15, -0.1) is 0 Å². The largest absolute Gasteiger partial charge is 0.256 e. The van der Waals surface area contributed by atoms with Crippen molar-refractivity contribution in [1.29, 1.82) is 0 Å². The van der Waals surface area contributed by atoms with E-state index in [0.29, 0.717) is 0 Å². The Morgan fingerprint density at radius 2 is 1.93 bits per heavy atom. The maximum absolute atomic E-state index is 4.42. The summed E-state index contributed by atoms with van der Waals surface area (Å²) >= 11 is 0. The molecule has 0 saturated carbocycles. The average Bonchev–Trinajstić information content (AvgIpc) is 2.29. The number of rotatable bonds is 0. The fraction of sp³-hybridized carbons (Fsp3) is 0.0714. The zero-order valence-electron chi connectivity index (χ0n) is 8.49. The number of fused-ring (bicyclic) bond motifs is 3. The van der Waals surface area contributed by atoms with Crippen LogP contribution in [0.3, 0.4) is 0 Å². The second kappa shape index (κ2) is 3.06. The van der Waals surface area contributed by atoms with Crippen LogP contribution in [0.4, 0.5) is 0 Å². The molecule has 0 bridgehead atoms. The highest BCUT2D eigenvalue weighted by Crippen LogP contribution is 2.23. The highest BCUT2D eigenvalue weighted by atomic mass is 14.6. The maximum atomic E-state index is 4.42. The van der Waals surface area contributed by atoms with Gasteiger partial charge in [0.2, 0.25) is 0 Å². The molecule has 3 rings (SSSR count). The Morgan fingerprint density at radius 3 is 2.87 bits per heavy atom. The van der Waals surface area contributed by atoms with Crippen molar-refractivity contribution >= 4 is 21.7 Å². The predicted molar refractivity (Wildman–Crippen MR) is 62.8 cm³/mol. The predicted octanol–water partition coefficient (Wildman–Crippen LogP) is 3.50. The Balaban J connectivity index is 2.57. The third-order valence-electron chi connectivity index (χ3n) is 2.64. The molecule has 0 amide bonds. The molecule has 2 aromatic carbocycles. The zero-order valence-corrected chi connectivity index (χ0v) is 8.49. The van der Waals surface area contributed by atoms with Crippen molar-refractivity contribution in [3.8, 4) is 0 Å². The first-order valence-electron chi connectivity index (χ1n) is 5.01. The van der Waals surface area contributed by atoms with E-state index in [-0.39, 0.29) is 0 Å². The molecule has 71 valence electrons. The molecule has 1 nitrogen and oxygen atoms in total. The van der Waals surface area contributed by atoms with Gasteiger partial charge in [-0.1, -0.05) is 30.3 Å². The summed E-state index contributed by atoms with van der Waals surface area (Å²) < 4.78 is 0. The van der Waals surface area contributed by atoms with Crippen LogP contribution in [0.1, 0.15) is 5.56 Å². The van der Waals surface area contributed by atoms with Crippen LogP contribution in [0.25, 0.3) is 21.7 Å². The van der Waals surface area contributed by atoms with Gasteiger partial charge in [0.15, 0.2) is 0 Å². The molecular weight excluding hydrogens is 182 g/mol. The van der Waals surface area contributed by atoms with Gasteiger partial charge in [-0.25, -0.2) is 0 Å². The van der Waals surface area contributed by atoms with Crippen LogP contribution in [0.5, 0.6) is 0 Å². The van der Waals surface area contributed by atoms with E-state index in [1.807, 2.05) is 24.4 Å². The molecule has 0 aliphatic rings. The summed E-state index contributed by atoms with van der Waals surface area (Å²) in [5.74, 6) is 0. The second-order valence-electron chi connectivity index (χ2n) is 3.75. The van der Waals surface area contributed by atoms with E-state index < -0.39 is 0 Å². The van der Waals surface area contributed by atoms with E-state index in [1.54, 1.807) is 0 Å². The van der Waals surface area contributed by atoms with E-state index in [1.165, 1.54) is 10.8 Å². The number of nitrogens with zero attached hydrogens (tertiary/aromatic N) is 1. The minimum atomic E-state index is 1.01. The smallest absolute Gasteiger partial charge is 0.0714 e. The van der Waals surface area contributed by atoms with Crippen molar-refractivity contribution in [3.05, 3.63) is 54.2 Å². The maximum Gasteiger partial charge on any atom is 0.0714 e. The van der Waals surface area contributed by atoms with E-state index in [0.717, 1.165) is 16.5 Å². The Hall–Kier alpha value is -1.89. The molecular formula is C14H10N. The quantitative estimate of drug-likeness (QED) is 0.497. The van der Waals surface area contributed by atoms with E-state index in [9.17, 15) is 0 Å². The van der Waals surface area contributed by atoms with Crippen LogP contribution in [-0.2, 0) is 0 Å². The SMILES string of the molecule is Cc1[c]c2c(cc1)ncc1ccccc12. The van der Waals surface area contributed by atoms with Gasteiger partial charge >= 0.3 is 0 Å². The molecule has 1 heteroatoms. The van der Waals surface area contributed by atoms with Crippen molar-refractivity contribution in [3.63, 3.8) is 0 Å². The third-order valence-corrected chi connectivity index (χ3v) is 2.64. The molecule has 15 heavy (non-hydrogen) atoms. The molecule has 0 fully saturated rings. The molecule has 0 atom stereocenters. The average molecular weight is 192 g/mol. The second-order valence-corrected chi connectivity index (χ2v) is 3.75. The number of hydrogen-bond donors (Lipinski definition) is 0. The van der Waals surface area contributed by atoms with Crippen LogP contribution in [0, 0.1) is 13.0 Å². The summed E-state index contributed by atoms with van der Waals surface area (Å²) in [6.45, 7) is 2.06. The van der Waals surface area contributed by atoms with Crippen molar-refractivity contribution in [2.75, 3.05) is 0 Å². The number of benzene rings is 2. The summed E-state index contributed by atoms with van der Waals surface area (Å²) in [6, 6.07) is 15.8. The van der Waals surface area contributed by atoms with Crippen LogP contribution in [0.15, 0.2) is 42.6 Å². The van der Waals surface area contributed by atoms with Gasteiger partial charge in [0, 0.05) is 17.0 Å². The number of pyridine rings is 1. The molecule has 1 heterocycles. The van der Waals surface area contributed by atoms with Crippen LogP contribution in [0.2, 0.25) is 0 Å². The molecule has 0 saturated heterocycles. The van der Waals surface area contributed by atoms with Gasteiger partial charge < -0.3 is 0 Å². The highest BCUT2D eigenvalue weighted by Gasteiger charge is 2.00. The summed E-state index contributed by atoms with van der Waals surface area (Å²) in [6.07, 6.45) is 1.92. The molecule has 1 aromatic heterocycles. The fourth-order valence-corrected chi connectivity index (χ4v) is 1.88. The van der Waals surface area contributed by atoms with Crippen molar-refractivity contribution in [1.82, 2.24) is 4.98 Å². The molecule has 0 aliphatic carbocycles. The minimum absolute atomic E-state index is 1.01. The normalized spacial score (nSPS) is 11.0. The summed E-state index contributed by atoms with van der Waals surface area (Å²) in [5, 5.41) is 3.52. The lowest BCUT2D eigenvalue weighted by Gasteiger charge is -2.02. The standard InChI is InChI=1S/C14H10N/c1-10-6-7-14-13(8-10)12-5-3-2-4-11(12)9-15-14/h2-7,9H,1H3. The lowest BCUT2D eigenvalue weighted by atomic mass is 10.1. The lowest BCUT2D eigenvalue weighted by molar-refractivity contribution is 1.42. The van der Waals surface area contributed by atoms with Gasteiger partial charge in [-0.05, 0) is 30.0 Å². The van der Waals surface area contributed by atoms with Gasteiger partial charge in [-0.2, -0.15) is 0 Å². The zero-order chi connectivity index (χ0) is 10.3. The Bertz CT molecular complexity index is 641. The summed E-state index contributed by atoms with van der Waals surface area (Å²) in [7, 11) is 0. The van der Waals surface area contributed by atoms with E-state index >= 15 is 0 Å². The van der Waals surface area contributed by atoms with E-state index in [4.69, 9.17) is 0 Å². The number of hydrogen-bond acceptors (Lipinski definition) is 1. The van der Waals surface area contributed by atoms with Crippen molar-refractivity contribution < 1.29 is 0 Å². The topological polar surface area (TPSA) is 12.9 Å². The van der Waals surface area contributed by atoms with Gasteiger partial charge in [0.05, 0.1) is 5.52 Å². The first kappa shape index (κ1) is 8.42. The van der Waals surface area contributed by atoms with Gasteiger partial charge in [0.1, 0.15) is 0 Å². The summed E-state index contributed by atoms with van der Waals surface area (Å²) in [4.78, 5) is 4.42. The molecule has 0 N–H and O–H groups in total. The van der Waals surface area contributed by atoms with E-state index in [2.05, 4.69) is 36.2 Å². The lowest BCUT2D eigenvalue weighted by Crippen LogP contribution is -1.83. The van der Waals surface area contributed by atoms with Gasteiger partial charge in [0.25, 0.3) is 0 Å². The Morgan fingerprint density at radius 1 is 1.07 bits per heavy atom.